The average Bonchev–Trinajstić information content (AvgIpc) is 2.79. The topological polar surface area (TPSA) is 95.7 Å². The van der Waals surface area contributed by atoms with Gasteiger partial charge in [-0.25, -0.2) is 9.97 Å². The van der Waals surface area contributed by atoms with Crippen molar-refractivity contribution in [2.75, 3.05) is 18.9 Å². The van der Waals surface area contributed by atoms with E-state index in [1.54, 1.807) is 55.7 Å². The van der Waals surface area contributed by atoms with E-state index in [9.17, 15) is 18.0 Å². The van der Waals surface area contributed by atoms with Gasteiger partial charge in [0.25, 0.3) is 5.56 Å². The SMILES string of the molecule is CN/C=C1/C=C(n2cc3cnc(NCC(F)(F)F)nc3c(-c3ccc(Br)cc3)c2=O)C=CC1=N. The van der Waals surface area contributed by atoms with Crippen LogP contribution in [0.15, 0.2) is 75.9 Å². The molecule has 1 aliphatic rings. The Morgan fingerprint density at radius 1 is 1.21 bits per heavy atom. The average molecular weight is 531 g/mol. The number of fused-ring (bicyclic) bond motifs is 1. The van der Waals surface area contributed by atoms with E-state index in [-0.39, 0.29) is 22.7 Å². The van der Waals surface area contributed by atoms with Crippen LogP contribution in [-0.4, -0.2) is 40.0 Å². The van der Waals surface area contributed by atoms with Gasteiger partial charge in [-0.2, -0.15) is 13.2 Å². The Kier molecular flexibility index (Phi) is 6.38. The zero-order chi connectivity index (χ0) is 24.5. The minimum atomic E-state index is -4.44. The fourth-order valence-electron chi connectivity index (χ4n) is 3.41. The molecule has 0 aliphatic heterocycles. The van der Waals surface area contributed by atoms with E-state index in [0.29, 0.717) is 22.2 Å². The molecule has 0 amide bonds. The molecular weight excluding hydrogens is 513 g/mol. The number of hydrogen-bond donors (Lipinski definition) is 3. The van der Waals surface area contributed by atoms with Crippen molar-refractivity contribution in [2.45, 2.75) is 6.18 Å². The summed E-state index contributed by atoms with van der Waals surface area (Å²) in [5.74, 6) is -0.232. The van der Waals surface area contributed by atoms with Gasteiger partial charge in [-0.3, -0.25) is 9.36 Å². The van der Waals surface area contributed by atoms with Crippen LogP contribution in [0.3, 0.4) is 0 Å². The highest BCUT2D eigenvalue weighted by Gasteiger charge is 2.27. The molecular formula is C23H18BrF3N6O. The molecule has 11 heteroatoms. The lowest BCUT2D eigenvalue weighted by molar-refractivity contribution is -0.115. The lowest BCUT2D eigenvalue weighted by Crippen LogP contribution is -2.24. The molecule has 3 aromatic rings. The van der Waals surface area contributed by atoms with Crippen molar-refractivity contribution in [2.24, 2.45) is 0 Å². The van der Waals surface area contributed by atoms with Gasteiger partial charge < -0.3 is 16.0 Å². The lowest BCUT2D eigenvalue weighted by atomic mass is 10.0. The molecule has 1 aliphatic carbocycles. The van der Waals surface area contributed by atoms with E-state index in [4.69, 9.17) is 5.41 Å². The maximum absolute atomic E-state index is 13.7. The van der Waals surface area contributed by atoms with Crippen molar-refractivity contribution < 1.29 is 13.2 Å². The van der Waals surface area contributed by atoms with Crippen molar-refractivity contribution in [1.29, 1.82) is 5.41 Å². The molecule has 0 saturated carbocycles. The van der Waals surface area contributed by atoms with Crippen LogP contribution in [0.25, 0.3) is 27.7 Å². The maximum Gasteiger partial charge on any atom is 0.405 e. The Bertz CT molecular complexity index is 1420. The fourth-order valence-corrected chi connectivity index (χ4v) is 3.68. The van der Waals surface area contributed by atoms with E-state index in [2.05, 4.69) is 36.5 Å². The largest absolute Gasteiger partial charge is 0.405 e. The van der Waals surface area contributed by atoms with Crippen LogP contribution in [0.2, 0.25) is 0 Å². The Morgan fingerprint density at radius 3 is 2.62 bits per heavy atom. The molecule has 0 unspecified atom stereocenters. The first-order valence-corrected chi connectivity index (χ1v) is 10.8. The molecule has 0 fully saturated rings. The van der Waals surface area contributed by atoms with E-state index in [1.165, 1.54) is 17.0 Å². The van der Waals surface area contributed by atoms with E-state index in [1.807, 2.05) is 0 Å². The van der Waals surface area contributed by atoms with E-state index < -0.39 is 18.3 Å². The second kappa shape index (κ2) is 9.26. The summed E-state index contributed by atoms with van der Waals surface area (Å²) >= 11 is 3.36. The van der Waals surface area contributed by atoms with Gasteiger partial charge in [-0.15, -0.1) is 0 Å². The number of nitrogens with zero attached hydrogens (tertiary/aromatic N) is 3. The first-order valence-electron chi connectivity index (χ1n) is 10.0. The Hall–Kier alpha value is -3.73. The molecule has 3 N–H and O–H groups in total. The normalized spacial score (nSPS) is 15.0. The maximum atomic E-state index is 13.7. The number of aromatic nitrogens is 3. The smallest absolute Gasteiger partial charge is 0.393 e. The van der Waals surface area contributed by atoms with Crippen molar-refractivity contribution in [1.82, 2.24) is 19.9 Å². The third-order valence-electron chi connectivity index (χ3n) is 4.95. The number of nitrogens with one attached hydrogen (secondary N) is 3. The number of benzene rings is 1. The van der Waals surface area contributed by atoms with Crippen LogP contribution in [0.4, 0.5) is 19.1 Å². The standard InChI is InChI=1S/C23H18BrF3N6O/c1-29-9-14-8-17(6-7-18(14)28)33-11-15-10-30-22(31-12-23(25,26)27)32-20(15)19(21(33)34)13-2-4-16(24)5-3-13/h2-11,28-29H,12H2,1H3,(H,31,32)/b14-9-,28-18?. The van der Waals surface area contributed by atoms with Crippen molar-refractivity contribution in [3.63, 3.8) is 0 Å². The molecule has 2 aromatic heterocycles. The second-order valence-corrected chi connectivity index (χ2v) is 8.27. The van der Waals surface area contributed by atoms with Gasteiger partial charge >= 0.3 is 6.18 Å². The number of hydrogen-bond acceptors (Lipinski definition) is 6. The third kappa shape index (κ3) is 4.93. The highest BCUT2D eigenvalue weighted by atomic mass is 79.9. The predicted molar refractivity (Wildman–Crippen MR) is 130 cm³/mol. The molecule has 0 spiro atoms. The first kappa shape index (κ1) is 23.4. The molecule has 0 bridgehead atoms. The summed E-state index contributed by atoms with van der Waals surface area (Å²) in [6, 6.07) is 6.97. The zero-order valence-corrected chi connectivity index (χ0v) is 19.3. The van der Waals surface area contributed by atoms with Gasteiger partial charge in [-0.05, 0) is 35.9 Å². The highest BCUT2D eigenvalue weighted by molar-refractivity contribution is 9.10. The number of rotatable bonds is 5. The summed E-state index contributed by atoms with van der Waals surface area (Å²) in [7, 11) is 1.71. The summed E-state index contributed by atoms with van der Waals surface area (Å²) in [5.41, 5.74) is 1.96. The highest BCUT2D eigenvalue weighted by Crippen LogP contribution is 2.28. The summed E-state index contributed by atoms with van der Waals surface area (Å²) in [6.45, 7) is -1.30. The number of pyridine rings is 1. The third-order valence-corrected chi connectivity index (χ3v) is 5.48. The molecule has 0 atom stereocenters. The number of allylic oxidation sites excluding steroid dienone is 5. The van der Waals surface area contributed by atoms with E-state index in [0.717, 1.165) is 4.47 Å². The molecule has 0 saturated heterocycles. The molecule has 0 radical (unpaired) electrons. The van der Waals surface area contributed by atoms with Gasteiger partial charge in [0.1, 0.15) is 6.54 Å². The Balaban J connectivity index is 1.94. The minimum Gasteiger partial charge on any atom is -0.393 e. The van der Waals surface area contributed by atoms with E-state index >= 15 is 0 Å². The molecule has 2 heterocycles. The lowest BCUT2D eigenvalue weighted by Gasteiger charge is -2.16. The Labute approximate surface area is 200 Å². The van der Waals surface area contributed by atoms with Crippen molar-refractivity contribution in [3.8, 4) is 11.1 Å². The number of halogens is 4. The van der Waals surface area contributed by atoms with Crippen LogP contribution in [0, 0.1) is 5.41 Å². The number of anilines is 1. The zero-order valence-electron chi connectivity index (χ0n) is 17.7. The molecule has 1 aromatic carbocycles. The van der Waals surface area contributed by atoms with Gasteiger partial charge in [0.05, 0.1) is 16.8 Å². The summed E-state index contributed by atoms with van der Waals surface area (Å²) in [6.07, 6.45) is 5.03. The Morgan fingerprint density at radius 2 is 1.94 bits per heavy atom. The predicted octanol–water partition coefficient (Wildman–Crippen LogP) is 4.73. The van der Waals surface area contributed by atoms with Crippen molar-refractivity contribution >= 4 is 44.2 Å². The molecule has 174 valence electrons. The number of alkyl halides is 3. The minimum absolute atomic E-state index is 0.219. The summed E-state index contributed by atoms with van der Waals surface area (Å²) in [5, 5.41) is 13.6. The first-order chi connectivity index (χ1) is 16.2. The van der Waals surface area contributed by atoms with Gasteiger partial charge in [0.15, 0.2) is 0 Å². The summed E-state index contributed by atoms with van der Waals surface area (Å²) in [4.78, 5) is 21.9. The molecule has 7 nitrogen and oxygen atoms in total. The van der Waals surface area contributed by atoms with Gasteiger partial charge in [-0.1, -0.05) is 28.1 Å². The second-order valence-electron chi connectivity index (χ2n) is 7.36. The van der Waals surface area contributed by atoms with Crippen LogP contribution in [0.5, 0.6) is 0 Å². The van der Waals surface area contributed by atoms with Gasteiger partial charge in [0, 0.05) is 46.8 Å². The van der Waals surface area contributed by atoms with Crippen LogP contribution in [0.1, 0.15) is 0 Å². The van der Waals surface area contributed by atoms with Crippen LogP contribution >= 0.6 is 15.9 Å². The van der Waals surface area contributed by atoms with Crippen LogP contribution < -0.4 is 16.2 Å². The molecule has 34 heavy (non-hydrogen) atoms. The molecule has 4 rings (SSSR count). The quantitative estimate of drug-likeness (QED) is 0.443. The fraction of sp³-hybridized carbons (Fsp3) is 0.130. The monoisotopic (exact) mass is 530 g/mol. The van der Waals surface area contributed by atoms with Crippen molar-refractivity contribution in [3.05, 3.63) is 81.5 Å². The van der Waals surface area contributed by atoms with Crippen LogP contribution in [-0.2, 0) is 0 Å². The summed E-state index contributed by atoms with van der Waals surface area (Å²) < 4.78 is 40.2. The van der Waals surface area contributed by atoms with Gasteiger partial charge in [0.2, 0.25) is 5.95 Å².